The largest absolute Gasteiger partial charge is 0.236 e. The van der Waals surface area contributed by atoms with Gasteiger partial charge in [0.15, 0.2) is 0 Å². The Balaban J connectivity index is 3.53. The molecule has 0 radical (unpaired) electrons. The summed E-state index contributed by atoms with van der Waals surface area (Å²) in [5.74, 6) is 0. The summed E-state index contributed by atoms with van der Waals surface area (Å²) in [6.07, 6.45) is 17.1. The molecule has 0 heterocycles. The highest BCUT2D eigenvalue weighted by molar-refractivity contribution is 4.76. The molecule has 21 heavy (non-hydrogen) atoms. The van der Waals surface area contributed by atoms with Crippen molar-refractivity contribution in [3.8, 4) is 0 Å². The van der Waals surface area contributed by atoms with E-state index in [1.807, 2.05) is 6.92 Å². The maximum absolute atomic E-state index is 5.66. The SMILES string of the molecule is CCCCCCCCCCCCC(CC)(CC)OOCC. The van der Waals surface area contributed by atoms with Crippen molar-refractivity contribution >= 4 is 0 Å². The van der Waals surface area contributed by atoms with Crippen LogP contribution in [0.25, 0.3) is 0 Å². The van der Waals surface area contributed by atoms with E-state index in [0.717, 1.165) is 19.3 Å². The summed E-state index contributed by atoms with van der Waals surface area (Å²) >= 11 is 0. The third-order valence-electron chi connectivity index (χ3n) is 4.63. The van der Waals surface area contributed by atoms with Crippen LogP contribution in [0.15, 0.2) is 0 Å². The zero-order valence-electron chi connectivity index (χ0n) is 15.2. The van der Waals surface area contributed by atoms with Gasteiger partial charge in [-0.25, -0.2) is 9.78 Å². The average molecular weight is 301 g/mol. The van der Waals surface area contributed by atoms with E-state index in [0.29, 0.717) is 6.61 Å². The van der Waals surface area contributed by atoms with Crippen LogP contribution in [-0.2, 0) is 9.78 Å². The van der Waals surface area contributed by atoms with Gasteiger partial charge in [-0.3, -0.25) is 0 Å². The van der Waals surface area contributed by atoms with Gasteiger partial charge in [-0.15, -0.1) is 0 Å². The monoisotopic (exact) mass is 300 g/mol. The molecule has 0 aromatic carbocycles. The molecule has 0 aromatic rings. The van der Waals surface area contributed by atoms with E-state index in [1.54, 1.807) is 0 Å². The van der Waals surface area contributed by atoms with E-state index < -0.39 is 0 Å². The van der Waals surface area contributed by atoms with Crippen LogP contribution in [0, 0.1) is 0 Å². The molecule has 0 saturated heterocycles. The van der Waals surface area contributed by atoms with Crippen LogP contribution < -0.4 is 0 Å². The summed E-state index contributed by atoms with van der Waals surface area (Å²) in [6.45, 7) is 9.32. The zero-order chi connectivity index (χ0) is 15.8. The Morgan fingerprint density at radius 2 is 1.10 bits per heavy atom. The van der Waals surface area contributed by atoms with Crippen molar-refractivity contribution in [2.24, 2.45) is 0 Å². The second-order valence-electron chi connectivity index (χ2n) is 6.31. The summed E-state index contributed by atoms with van der Waals surface area (Å²) in [4.78, 5) is 10.9. The highest BCUT2D eigenvalue weighted by atomic mass is 17.2. The third kappa shape index (κ3) is 11.2. The molecule has 0 aliphatic heterocycles. The van der Waals surface area contributed by atoms with Crippen molar-refractivity contribution in [1.82, 2.24) is 0 Å². The van der Waals surface area contributed by atoms with Crippen LogP contribution in [0.2, 0.25) is 0 Å². The number of unbranched alkanes of at least 4 members (excludes halogenated alkanes) is 9. The first-order valence-electron chi connectivity index (χ1n) is 9.55. The van der Waals surface area contributed by atoms with E-state index in [-0.39, 0.29) is 5.60 Å². The Morgan fingerprint density at radius 1 is 0.619 bits per heavy atom. The van der Waals surface area contributed by atoms with Crippen molar-refractivity contribution in [3.05, 3.63) is 0 Å². The predicted octanol–water partition coefficient (Wildman–Crippen LogP) is 6.82. The molecule has 0 fully saturated rings. The Morgan fingerprint density at radius 3 is 1.52 bits per heavy atom. The number of rotatable bonds is 16. The standard InChI is InChI=1S/C19H40O2/c1-5-9-10-11-12-13-14-15-16-17-18-19(6-2,7-3)21-20-8-4/h5-18H2,1-4H3. The molecule has 0 bridgehead atoms. The maximum Gasteiger partial charge on any atom is 0.103 e. The van der Waals surface area contributed by atoms with Crippen molar-refractivity contribution in [2.45, 2.75) is 117 Å². The quantitative estimate of drug-likeness (QED) is 0.177. The van der Waals surface area contributed by atoms with Crippen LogP contribution in [0.4, 0.5) is 0 Å². The van der Waals surface area contributed by atoms with E-state index in [1.165, 1.54) is 64.2 Å². The van der Waals surface area contributed by atoms with Gasteiger partial charge in [0.05, 0.1) is 6.61 Å². The molecule has 0 spiro atoms. The van der Waals surface area contributed by atoms with E-state index >= 15 is 0 Å². The highest BCUT2D eigenvalue weighted by Gasteiger charge is 2.27. The van der Waals surface area contributed by atoms with Gasteiger partial charge in [0.2, 0.25) is 0 Å². The minimum atomic E-state index is -0.0455. The molecular weight excluding hydrogens is 260 g/mol. The molecule has 0 unspecified atom stereocenters. The first kappa shape index (κ1) is 20.9. The Kier molecular flexibility index (Phi) is 14.8. The molecular formula is C19H40O2. The average Bonchev–Trinajstić information content (AvgIpc) is 2.52. The fourth-order valence-electron chi connectivity index (χ4n) is 2.88. The molecule has 2 nitrogen and oxygen atoms in total. The van der Waals surface area contributed by atoms with Crippen LogP contribution >= 0.6 is 0 Å². The fourth-order valence-corrected chi connectivity index (χ4v) is 2.88. The molecule has 0 atom stereocenters. The smallest absolute Gasteiger partial charge is 0.103 e. The van der Waals surface area contributed by atoms with Crippen molar-refractivity contribution in [2.75, 3.05) is 6.61 Å². The van der Waals surface area contributed by atoms with E-state index in [4.69, 9.17) is 9.78 Å². The summed E-state index contributed by atoms with van der Waals surface area (Å²) < 4.78 is 0. The van der Waals surface area contributed by atoms with Gasteiger partial charge in [-0.05, 0) is 26.2 Å². The lowest BCUT2D eigenvalue weighted by Crippen LogP contribution is -2.31. The minimum absolute atomic E-state index is 0.0455. The number of hydrogen-bond donors (Lipinski definition) is 0. The summed E-state index contributed by atoms with van der Waals surface area (Å²) in [6, 6.07) is 0. The molecule has 0 aliphatic rings. The van der Waals surface area contributed by atoms with Crippen LogP contribution in [0.1, 0.15) is 111 Å². The minimum Gasteiger partial charge on any atom is -0.236 e. The lowest BCUT2D eigenvalue weighted by Gasteiger charge is -2.30. The predicted molar refractivity (Wildman–Crippen MR) is 92.5 cm³/mol. The van der Waals surface area contributed by atoms with Crippen LogP contribution in [-0.4, -0.2) is 12.2 Å². The third-order valence-corrected chi connectivity index (χ3v) is 4.63. The van der Waals surface area contributed by atoms with Crippen LogP contribution in [0.5, 0.6) is 0 Å². The second kappa shape index (κ2) is 14.8. The number of hydrogen-bond acceptors (Lipinski definition) is 2. The van der Waals surface area contributed by atoms with Crippen LogP contribution in [0.3, 0.4) is 0 Å². The fraction of sp³-hybridized carbons (Fsp3) is 1.00. The summed E-state index contributed by atoms with van der Waals surface area (Å²) in [5, 5.41) is 0. The molecule has 0 N–H and O–H groups in total. The zero-order valence-corrected chi connectivity index (χ0v) is 15.2. The van der Waals surface area contributed by atoms with Crippen molar-refractivity contribution in [1.29, 1.82) is 0 Å². The first-order chi connectivity index (χ1) is 10.2. The van der Waals surface area contributed by atoms with E-state index in [9.17, 15) is 0 Å². The van der Waals surface area contributed by atoms with Crippen molar-refractivity contribution < 1.29 is 9.78 Å². The van der Waals surface area contributed by atoms with Gasteiger partial charge in [-0.1, -0.05) is 85.0 Å². The molecule has 2 heteroatoms. The Hall–Kier alpha value is -0.0800. The lowest BCUT2D eigenvalue weighted by molar-refractivity contribution is -0.362. The summed E-state index contributed by atoms with van der Waals surface area (Å²) in [7, 11) is 0. The van der Waals surface area contributed by atoms with Gasteiger partial charge in [0, 0.05) is 0 Å². The topological polar surface area (TPSA) is 18.5 Å². The molecule has 0 aliphatic carbocycles. The molecule has 0 saturated carbocycles. The molecule has 0 amide bonds. The van der Waals surface area contributed by atoms with Gasteiger partial charge >= 0.3 is 0 Å². The van der Waals surface area contributed by atoms with Crippen molar-refractivity contribution in [3.63, 3.8) is 0 Å². The normalized spacial score (nSPS) is 12.0. The maximum atomic E-state index is 5.66. The highest BCUT2D eigenvalue weighted by Crippen LogP contribution is 2.28. The lowest BCUT2D eigenvalue weighted by atomic mass is 9.90. The molecule has 0 rings (SSSR count). The van der Waals surface area contributed by atoms with E-state index in [2.05, 4.69) is 20.8 Å². The molecule has 128 valence electrons. The second-order valence-corrected chi connectivity index (χ2v) is 6.31. The summed E-state index contributed by atoms with van der Waals surface area (Å²) in [5.41, 5.74) is -0.0455. The van der Waals surface area contributed by atoms with Gasteiger partial charge in [-0.2, -0.15) is 0 Å². The molecule has 0 aromatic heterocycles. The van der Waals surface area contributed by atoms with Gasteiger partial charge < -0.3 is 0 Å². The van der Waals surface area contributed by atoms with Gasteiger partial charge in [0.1, 0.15) is 5.60 Å². The first-order valence-corrected chi connectivity index (χ1v) is 9.55. The Bertz CT molecular complexity index is 200. The Labute approximate surface area is 133 Å². The van der Waals surface area contributed by atoms with Gasteiger partial charge in [0.25, 0.3) is 0 Å².